The number of piperidine rings is 1. The molecule has 1 N–H and O–H groups in total. The number of para-hydroxylation sites is 1. The Labute approximate surface area is 192 Å². The van der Waals surface area contributed by atoms with Crippen molar-refractivity contribution in [3.8, 4) is 0 Å². The van der Waals surface area contributed by atoms with Gasteiger partial charge in [0.1, 0.15) is 5.82 Å². The minimum atomic E-state index is -0.308. The predicted octanol–water partition coefficient (Wildman–Crippen LogP) is 5.56. The second kappa shape index (κ2) is 10.1. The van der Waals surface area contributed by atoms with E-state index >= 15 is 0 Å². The van der Waals surface area contributed by atoms with E-state index < -0.39 is 0 Å². The Hall–Kier alpha value is -3.02. The lowest BCUT2D eigenvalue weighted by Gasteiger charge is -2.31. The van der Waals surface area contributed by atoms with Crippen LogP contribution in [0.2, 0.25) is 5.02 Å². The molecule has 1 fully saturated rings. The van der Waals surface area contributed by atoms with Crippen molar-refractivity contribution in [1.82, 2.24) is 4.90 Å². The van der Waals surface area contributed by atoms with Gasteiger partial charge in [-0.3, -0.25) is 14.5 Å². The Bertz CT molecular complexity index is 1110. The number of nitrogens with zero attached hydrogens (tertiary/aromatic N) is 1. The normalized spacial score (nSPS) is 14.8. The third kappa shape index (κ3) is 5.23. The number of benzene rings is 3. The molecule has 1 amide bonds. The highest BCUT2D eigenvalue weighted by Gasteiger charge is 2.26. The highest BCUT2D eigenvalue weighted by molar-refractivity contribution is 6.30. The number of hydrogen-bond acceptors (Lipinski definition) is 3. The Kier molecular flexibility index (Phi) is 6.98. The highest BCUT2D eigenvalue weighted by atomic mass is 35.5. The molecule has 1 saturated heterocycles. The van der Waals surface area contributed by atoms with Gasteiger partial charge in [0.05, 0.1) is 5.69 Å². The molecule has 4 rings (SSSR count). The molecular weight excluding hydrogens is 427 g/mol. The first-order valence-corrected chi connectivity index (χ1v) is 11.0. The van der Waals surface area contributed by atoms with Gasteiger partial charge in [-0.1, -0.05) is 60.1 Å². The standard InChI is InChI=1S/C26H24ClFN2O2/c27-21-11-10-20(23(28)16-21)17-30-14-12-19(13-15-30)26(32)29-24-9-5-4-8-22(24)25(31)18-6-2-1-3-7-18/h1-11,16,19H,12-15,17H2,(H,29,32). The molecule has 1 heterocycles. The van der Waals surface area contributed by atoms with Crippen LogP contribution in [0.5, 0.6) is 0 Å². The fraction of sp³-hybridized carbons (Fsp3) is 0.231. The van der Waals surface area contributed by atoms with Crippen molar-refractivity contribution in [2.75, 3.05) is 18.4 Å². The van der Waals surface area contributed by atoms with E-state index in [1.54, 1.807) is 48.5 Å². The zero-order valence-electron chi connectivity index (χ0n) is 17.6. The van der Waals surface area contributed by atoms with Gasteiger partial charge in [0.15, 0.2) is 5.78 Å². The molecule has 0 atom stereocenters. The fourth-order valence-electron chi connectivity index (χ4n) is 4.01. The first-order valence-electron chi connectivity index (χ1n) is 10.7. The highest BCUT2D eigenvalue weighted by Crippen LogP contribution is 2.25. The molecule has 0 spiro atoms. The number of rotatable bonds is 6. The van der Waals surface area contributed by atoms with Crippen LogP contribution in [0, 0.1) is 11.7 Å². The summed E-state index contributed by atoms with van der Waals surface area (Å²) in [5.74, 6) is -0.671. The van der Waals surface area contributed by atoms with Crippen molar-refractivity contribution in [1.29, 1.82) is 0 Å². The minimum Gasteiger partial charge on any atom is -0.325 e. The zero-order chi connectivity index (χ0) is 22.5. The average Bonchev–Trinajstić information content (AvgIpc) is 2.82. The number of halogens is 2. The lowest BCUT2D eigenvalue weighted by atomic mass is 9.95. The summed E-state index contributed by atoms with van der Waals surface area (Å²) in [6, 6.07) is 20.8. The summed E-state index contributed by atoms with van der Waals surface area (Å²) in [5, 5.41) is 3.34. The second-order valence-electron chi connectivity index (χ2n) is 8.02. The number of likely N-dealkylation sites (tertiary alicyclic amines) is 1. The summed E-state index contributed by atoms with van der Waals surface area (Å²) < 4.78 is 14.1. The first-order chi connectivity index (χ1) is 15.5. The molecule has 3 aromatic carbocycles. The maximum atomic E-state index is 14.1. The summed E-state index contributed by atoms with van der Waals surface area (Å²) in [5.41, 5.74) is 2.18. The lowest BCUT2D eigenvalue weighted by molar-refractivity contribution is -0.121. The number of amides is 1. The van der Waals surface area contributed by atoms with E-state index in [-0.39, 0.29) is 23.4 Å². The molecule has 0 saturated carbocycles. The smallest absolute Gasteiger partial charge is 0.227 e. The third-order valence-electron chi connectivity index (χ3n) is 5.83. The van der Waals surface area contributed by atoms with Gasteiger partial charge >= 0.3 is 0 Å². The van der Waals surface area contributed by atoms with Gasteiger partial charge in [0.25, 0.3) is 0 Å². The molecule has 0 bridgehead atoms. The average molecular weight is 451 g/mol. The van der Waals surface area contributed by atoms with Crippen LogP contribution in [0.15, 0.2) is 72.8 Å². The van der Waals surface area contributed by atoms with E-state index in [1.807, 2.05) is 18.2 Å². The topological polar surface area (TPSA) is 49.4 Å². The minimum absolute atomic E-state index is 0.0874. The van der Waals surface area contributed by atoms with Crippen molar-refractivity contribution in [3.05, 3.63) is 100 Å². The maximum Gasteiger partial charge on any atom is 0.227 e. The Morgan fingerprint density at radius 1 is 0.969 bits per heavy atom. The maximum absolute atomic E-state index is 14.1. The van der Waals surface area contributed by atoms with E-state index in [0.29, 0.717) is 59.9 Å². The molecule has 164 valence electrons. The molecule has 6 heteroatoms. The van der Waals surface area contributed by atoms with Gasteiger partial charge in [0.2, 0.25) is 5.91 Å². The van der Waals surface area contributed by atoms with Gasteiger partial charge in [-0.15, -0.1) is 0 Å². The number of anilines is 1. The van der Waals surface area contributed by atoms with E-state index in [0.717, 1.165) is 0 Å². The number of ketones is 1. The number of carbonyl (C=O) groups excluding carboxylic acids is 2. The van der Waals surface area contributed by atoms with Crippen molar-refractivity contribution in [3.63, 3.8) is 0 Å². The monoisotopic (exact) mass is 450 g/mol. The number of carbonyl (C=O) groups is 2. The van der Waals surface area contributed by atoms with Crippen LogP contribution < -0.4 is 5.32 Å². The molecule has 0 unspecified atom stereocenters. The molecular formula is C26H24ClFN2O2. The molecule has 32 heavy (non-hydrogen) atoms. The van der Waals surface area contributed by atoms with Crippen molar-refractivity contribution < 1.29 is 14.0 Å². The van der Waals surface area contributed by atoms with Crippen LogP contribution in [0.1, 0.15) is 34.3 Å². The first kappa shape index (κ1) is 22.2. The lowest BCUT2D eigenvalue weighted by Crippen LogP contribution is -2.38. The van der Waals surface area contributed by atoms with E-state index in [4.69, 9.17) is 11.6 Å². The van der Waals surface area contributed by atoms with Gasteiger partial charge in [0, 0.05) is 34.2 Å². The Balaban J connectivity index is 1.37. The molecule has 4 nitrogen and oxygen atoms in total. The van der Waals surface area contributed by atoms with Crippen LogP contribution in [0.3, 0.4) is 0 Å². The van der Waals surface area contributed by atoms with E-state index in [2.05, 4.69) is 10.2 Å². The van der Waals surface area contributed by atoms with Crippen LogP contribution in [-0.2, 0) is 11.3 Å². The van der Waals surface area contributed by atoms with Crippen molar-refractivity contribution >= 4 is 29.0 Å². The zero-order valence-corrected chi connectivity index (χ0v) is 18.3. The third-order valence-corrected chi connectivity index (χ3v) is 6.07. The molecule has 3 aromatic rings. The molecule has 1 aliphatic heterocycles. The quantitative estimate of drug-likeness (QED) is 0.500. The summed E-state index contributed by atoms with van der Waals surface area (Å²) in [6.45, 7) is 1.89. The molecule has 1 aliphatic rings. The fourth-order valence-corrected chi connectivity index (χ4v) is 4.17. The van der Waals surface area contributed by atoms with Crippen LogP contribution in [0.25, 0.3) is 0 Å². The summed E-state index contributed by atoms with van der Waals surface area (Å²) in [4.78, 5) is 28.0. The van der Waals surface area contributed by atoms with Crippen molar-refractivity contribution in [2.24, 2.45) is 5.92 Å². The van der Waals surface area contributed by atoms with Gasteiger partial charge < -0.3 is 5.32 Å². The predicted molar refractivity (Wildman–Crippen MR) is 124 cm³/mol. The van der Waals surface area contributed by atoms with Crippen molar-refractivity contribution in [2.45, 2.75) is 19.4 Å². The summed E-state index contributed by atoms with van der Waals surface area (Å²) in [6.07, 6.45) is 1.35. The molecule has 0 aliphatic carbocycles. The summed E-state index contributed by atoms with van der Waals surface area (Å²) in [7, 11) is 0. The second-order valence-corrected chi connectivity index (χ2v) is 8.45. The van der Waals surface area contributed by atoms with Gasteiger partial charge in [-0.25, -0.2) is 4.39 Å². The Morgan fingerprint density at radius 3 is 2.38 bits per heavy atom. The molecule has 0 radical (unpaired) electrons. The largest absolute Gasteiger partial charge is 0.325 e. The van der Waals surface area contributed by atoms with Crippen LogP contribution >= 0.6 is 11.6 Å². The SMILES string of the molecule is O=C(c1ccccc1)c1ccccc1NC(=O)C1CCN(Cc2ccc(Cl)cc2F)CC1. The number of hydrogen-bond donors (Lipinski definition) is 1. The Morgan fingerprint density at radius 2 is 1.66 bits per heavy atom. The van der Waals surface area contributed by atoms with Gasteiger partial charge in [-0.05, 0) is 50.2 Å². The van der Waals surface area contributed by atoms with E-state index in [1.165, 1.54) is 6.07 Å². The summed E-state index contributed by atoms with van der Waals surface area (Å²) >= 11 is 5.83. The van der Waals surface area contributed by atoms with Gasteiger partial charge in [-0.2, -0.15) is 0 Å². The van der Waals surface area contributed by atoms with Crippen LogP contribution in [0.4, 0.5) is 10.1 Å². The van der Waals surface area contributed by atoms with Crippen LogP contribution in [-0.4, -0.2) is 29.7 Å². The number of nitrogens with one attached hydrogen (secondary N) is 1. The molecule has 0 aromatic heterocycles. The van der Waals surface area contributed by atoms with E-state index in [9.17, 15) is 14.0 Å².